The molecule has 1 N–H and O–H groups in total. The number of nitrogens with zero attached hydrogens (tertiary/aromatic N) is 1. The molecule has 4 nitrogen and oxygen atoms in total. The van der Waals surface area contributed by atoms with Crippen molar-refractivity contribution in [2.75, 3.05) is 0 Å². The van der Waals surface area contributed by atoms with Crippen molar-refractivity contribution in [3.8, 4) is 0 Å². The molecule has 1 aliphatic rings. The zero-order chi connectivity index (χ0) is 15.3. The van der Waals surface area contributed by atoms with Gasteiger partial charge in [-0.3, -0.25) is 13.5 Å². The van der Waals surface area contributed by atoms with Crippen LogP contribution in [-0.4, -0.2) is 18.4 Å². The molecule has 1 aliphatic heterocycles. The van der Waals surface area contributed by atoms with Crippen molar-refractivity contribution >= 4 is 40.0 Å². The van der Waals surface area contributed by atoms with E-state index in [1.807, 2.05) is 0 Å². The predicted molar refractivity (Wildman–Crippen MR) is 87.6 cm³/mol. The van der Waals surface area contributed by atoms with E-state index in [0.29, 0.717) is 10.5 Å². The normalized spacial score (nSPS) is 22.4. The summed E-state index contributed by atoms with van der Waals surface area (Å²) in [6, 6.07) is 5.19. The number of hydrogen-bond donors (Lipinski definition) is 1. The molecule has 1 heterocycles. The summed E-state index contributed by atoms with van der Waals surface area (Å²) in [6.45, 7) is 10.4. The second kappa shape index (κ2) is 4.67. The van der Waals surface area contributed by atoms with Crippen molar-refractivity contribution in [1.29, 1.82) is 0 Å². The van der Waals surface area contributed by atoms with Crippen molar-refractivity contribution in [1.82, 2.24) is 4.72 Å². The molecule has 1 atom stereocenters. The second-order valence-corrected chi connectivity index (χ2v) is 14.5. The van der Waals surface area contributed by atoms with Crippen LogP contribution >= 0.6 is 15.9 Å². The van der Waals surface area contributed by atoms with Gasteiger partial charge in [0.05, 0.1) is 10.5 Å². The van der Waals surface area contributed by atoms with Gasteiger partial charge in [0.1, 0.15) is 0 Å². The molecule has 0 aliphatic carbocycles. The van der Waals surface area contributed by atoms with Crippen LogP contribution in [-0.2, 0) is 9.92 Å². The fourth-order valence-electron chi connectivity index (χ4n) is 1.68. The standard InChI is InChI=1S/C13H19BrN2O2SSi/c1-13(2,3)20(4,5)16-19(18)11-8-9(14)6-7-10(11)12(17)15-19/h6-8H,1-5H3,(H,15,16,17,18). The molecule has 1 aromatic carbocycles. The van der Waals surface area contributed by atoms with Crippen LogP contribution in [0.15, 0.2) is 31.6 Å². The molecule has 1 amide bonds. The molecule has 7 heteroatoms. The van der Waals surface area contributed by atoms with E-state index in [0.717, 1.165) is 4.47 Å². The summed E-state index contributed by atoms with van der Waals surface area (Å²) in [4.78, 5) is 12.5. The highest BCUT2D eigenvalue weighted by Gasteiger charge is 2.40. The lowest BCUT2D eigenvalue weighted by Gasteiger charge is -2.32. The Morgan fingerprint density at radius 2 is 1.90 bits per heavy atom. The molecule has 0 fully saturated rings. The Morgan fingerprint density at radius 1 is 1.30 bits per heavy atom. The van der Waals surface area contributed by atoms with Crippen LogP contribution in [0.5, 0.6) is 0 Å². The van der Waals surface area contributed by atoms with Gasteiger partial charge in [0.25, 0.3) is 5.91 Å². The van der Waals surface area contributed by atoms with E-state index in [1.165, 1.54) is 0 Å². The Kier molecular flexibility index (Phi) is 3.67. The smallest absolute Gasteiger partial charge is 0.265 e. The van der Waals surface area contributed by atoms with E-state index in [-0.39, 0.29) is 10.9 Å². The zero-order valence-electron chi connectivity index (χ0n) is 12.3. The van der Waals surface area contributed by atoms with Crippen molar-refractivity contribution in [2.45, 2.75) is 43.8 Å². The van der Waals surface area contributed by atoms with E-state index in [2.05, 4.69) is 58.5 Å². The third kappa shape index (κ3) is 2.58. The van der Waals surface area contributed by atoms with Crippen molar-refractivity contribution in [2.24, 2.45) is 4.03 Å². The van der Waals surface area contributed by atoms with Gasteiger partial charge in [-0.1, -0.05) is 36.7 Å². The maximum Gasteiger partial charge on any atom is 0.265 e. The van der Waals surface area contributed by atoms with Gasteiger partial charge in [0, 0.05) is 4.47 Å². The summed E-state index contributed by atoms with van der Waals surface area (Å²) in [6.07, 6.45) is 0. The highest BCUT2D eigenvalue weighted by molar-refractivity contribution is 9.10. The van der Waals surface area contributed by atoms with E-state index in [1.54, 1.807) is 18.2 Å². The largest absolute Gasteiger partial charge is 0.268 e. The molecule has 0 saturated carbocycles. The Bertz CT molecular complexity index is 701. The molecular weight excluding hydrogens is 356 g/mol. The number of amides is 1. The first-order valence-electron chi connectivity index (χ1n) is 6.36. The number of nitrogens with one attached hydrogen (secondary N) is 1. The van der Waals surface area contributed by atoms with Crippen molar-refractivity contribution < 1.29 is 9.00 Å². The zero-order valence-corrected chi connectivity index (χ0v) is 15.7. The monoisotopic (exact) mass is 374 g/mol. The molecule has 110 valence electrons. The average molecular weight is 375 g/mol. The summed E-state index contributed by atoms with van der Waals surface area (Å²) < 4.78 is 21.2. The quantitative estimate of drug-likeness (QED) is 0.756. The molecule has 0 spiro atoms. The number of rotatable bonds is 1. The number of halogens is 1. The summed E-state index contributed by atoms with van der Waals surface area (Å²) in [7, 11) is -5.01. The lowest BCUT2D eigenvalue weighted by Crippen LogP contribution is -2.38. The fraction of sp³-hybridized carbons (Fsp3) is 0.462. The first-order chi connectivity index (χ1) is 8.96. The fourth-order valence-corrected chi connectivity index (χ4v) is 7.65. The maximum atomic E-state index is 13.1. The van der Waals surface area contributed by atoms with Crippen LogP contribution in [0, 0.1) is 0 Å². The van der Waals surface area contributed by atoms with E-state index in [9.17, 15) is 9.00 Å². The van der Waals surface area contributed by atoms with Gasteiger partial charge in [0.15, 0.2) is 18.2 Å². The van der Waals surface area contributed by atoms with Gasteiger partial charge in [0.2, 0.25) is 0 Å². The molecule has 0 aromatic heterocycles. The first-order valence-corrected chi connectivity index (χ1v) is 11.6. The Hall–Kier alpha value is -0.663. The third-order valence-corrected chi connectivity index (χ3v) is 12.3. The summed E-state index contributed by atoms with van der Waals surface area (Å²) in [5, 5.41) is -0.0308. The minimum atomic E-state index is -2.87. The molecule has 2 rings (SSSR count). The van der Waals surface area contributed by atoms with E-state index >= 15 is 0 Å². The molecular formula is C13H19BrN2O2SSi. The lowest BCUT2D eigenvalue weighted by molar-refractivity contribution is 0.0985. The summed E-state index contributed by atoms with van der Waals surface area (Å²) in [5.41, 5.74) is 0.459. The Morgan fingerprint density at radius 3 is 2.45 bits per heavy atom. The van der Waals surface area contributed by atoms with Gasteiger partial charge in [-0.2, -0.15) is 0 Å². The summed E-state index contributed by atoms with van der Waals surface area (Å²) in [5.74, 6) is -0.306. The number of carbonyl (C=O) groups is 1. The van der Waals surface area contributed by atoms with Crippen LogP contribution in [0.1, 0.15) is 31.1 Å². The maximum absolute atomic E-state index is 13.1. The lowest BCUT2D eigenvalue weighted by atomic mass is 10.2. The molecule has 0 saturated heterocycles. The van der Waals surface area contributed by atoms with E-state index < -0.39 is 18.2 Å². The number of fused-ring (bicyclic) bond motifs is 1. The number of benzene rings is 1. The Labute approximate surface area is 129 Å². The molecule has 1 unspecified atom stereocenters. The van der Waals surface area contributed by atoms with Crippen LogP contribution in [0.3, 0.4) is 0 Å². The predicted octanol–water partition coefficient (Wildman–Crippen LogP) is 3.94. The minimum Gasteiger partial charge on any atom is -0.268 e. The van der Waals surface area contributed by atoms with Crippen molar-refractivity contribution in [3.05, 3.63) is 28.2 Å². The van der Waals surface area contributed by atoms with Crippen LogP contribution in [0.4, 0.5) is 0 Å². The highest BCUT2D eigenvalue weighted by atomic mass is 79.9. The van der Waals surface area contributed by atoms with Gasteiger partial charge in [-0.15, -0.1) is 0 Å². The van der Waals surface area contributed by atoms with Crippen LogP contribution < -0.4 is 4.72 Å². The third-order valence-electron chi connectivity index (χ3n) is 3.91. The molecule has 1 aromatic rings. The SMILES string of the molecule is CC(C)(C)[Si](C)(C)N=S1(=O)NC(=O)c2ccc(Br)cc21. The van der Waals surface area contributed by atoms with E-state index in [4.69, 9.17) is 0 Å². The average Bonchev–Trinajstić information content (AvgIpc) is 2.48. The van der Waals surface area contributed by atoms with Crippen LogP contribution in [0.2, 0.25) is 18.1 Å². The number of carbonyl (C=O) groups excluding carboxylic acids is 1. The van der Waals surface area contributed by atoms with Crippen LogP contribution in [0.25, 0.3) is 0 Å². The number of hydrogen-bond acceptors (Lipinski definition) is 3. The summed E-state index contributed by atoms with van der Waals surface area (Å²) >= 11 is 3.36. The molecule has 20 heavy (non-hydrogen) atoms. The van der Waals surface area contributed by atoms with Gasteiger partial charge >= 0.3 is 0 Å². The topological polar surface area (TPSA) is 58.5 Å². The van der Waals surface area contributed by atoms with Gasteiger partial charge in [-0.05, 0) is 36.3 Å². The first kappa shape index (κ1) is 15.7. The Balaban J connectivity index is 2.69. The highest BCUT2D eigenvalue weighted by Crippen LogP contribution is 2.39. The molecule has 0 radical (unpaired) electrons. The second-order valence-electron chi connectivity index (χ2n) is 6.50. The van der Waals surface area contributed by atoms with Crippen molar-refractivity contribution in [3.63, 3.8) is 0 Å². The molecule has 0 bridgehead atoms. The van der Waals surface area contributed by atoms with Gasteiger partial charge in [-0.25, -0.2) is 4.21 Å². The van der Waals surface area contributed by atoms with Gasteiger partial charge < -0.3 is 0 Å². The minimum absolute atomic E-state index is 0.0308.